The van der Waals surface area contributed by atoms with E-state index >= 15 is 0 Å². The normalized spacial score (nSPS) is 26.5. The van der Waals surface area contributed by atoms with Crippen molar-refractivity contribution in [3.05, 3.63) is 77.9 Å². The van der Waals surface area contributed by atoms with E-state index in [1.165, 1.54) is 55.7 Å². The molecule has 0 radical (unpaired) electrons. The van der Waals surface area contributed by atoms with E-state index in [0.717, 1.165) is 78.9 Å². The van der Waals surface area contributed by atoms with Crippen molar-refractivity contribution in [1.82, 2.24) is 46.6 Å². The third-order valence-corrected chi connectivity index (χ3v) is 18.9. The smallest absolute Gasteiger partial charge is 0.691 e. The number of benzene rings is 3. The molecule has 31 nitrogen and oxygen atoms in total. The third-order valence-electron chi connectivity index (χ3n) is 17.5. The fourth-order valence-corrected chi connectivity index (χ4v) is 13.5. The number of rotatable bonds is 18. The van der Waals surface area contributed by atoms with Crippen LogP contribution in [0.25, 0.3) is 21.1 Å². The van der Waals surface area contributed by atoms with Gasteiger partial charge >= 0.3 is 29.6 Å². The van der Waals surface area contributed by atoms with Crippen molar-refractivity contribution in [2.75, 3.05) is 37.6 Å². The number of aliphatic hydroxyl groups excluding tert-OH is 6. The van der Waals surface area contributed by atoms with Crippen molar-refractivity contribution in [1.29, 1.82) is 0 Å². The molecule has 0 spiro atoms. The molecule has 5 fully saturated rings. The quantitative estimate of drug-likeness (QED) is 0.0146. The Morgan fingerprint density at radius 3 is 2.02 bits per heavy atom. The zero-order chi connectivity index (χ0) is 67.5. The largest absolute Gasteiger partial charge is 1.00 e. The number of phenolic OH excluding ortho intramolecular Hbond substituents is 1. The number of aromatic nitrogens is 2. The van der Waals surface area contributed by atoms with E-state index in [1.54, 1.807) is 12.1 Å². The van der Waals surface area contributed by atoms with Crippen LogP contribution in [0, 0.1) is 5.92 Å². The van der Waals surface area contributed by atoms with E-state index in [9.17, 15) is 79.4 Å². The van der Waals surface area contributed by atoms with Gasteiger partial charge in [-0.25, -0.2) is 0 Å². The number of fused-ring (bicyclic) bond motifs is 2. The number of β-amino-alcohol motifs (C(OH)–C–C–N with tert-alkyl or cyclic N) is 1. The standard InChI is InChI=1S/C61H79N11O20S2.Na/c1-30-28-72-51(52(30)80)57(85)63-27-37(74)24-41(64-53(81)33-9-11-34(12-10-33)58-68-69-59(93-58)35-13-15-36(16-14-35)70-20-18-40(19-21-70)89-39-6-4-3-5-7-39)54(82)65-48(31(2)73)60(86)71-29-38(75)25-42(71)55(83)66-49(56(84)67-50(61(72)87)45(78)26-47(62)79)44(77)22-32-8-17-43(76)46(23-32)90-94-92-91-88;/h8-17,23,30-31,37-42,44-45,48-52,73-78,80,88H,3-7,18-22,24-29H2,1-2H3,(H2,62,79)(H,63,85)(H,64,81)(H,65,82)(H,66,83)(H,67,84);/q;+1/p-1. The molecular weight excluding hydrogens is 1290 g/mol. The maximum atomic E-state index is 14.7. The van der Waals surface area contributed by atoms with Crippen LogP contribution in [0.5, 0.6) is 11.5 Å². The summed E-state index contributed by atoms with van der Waals surface area (Å²) in [6, 6.07) is 6.00. The Balaban J connectivity index is 0.0000116. The number of ether oxygens (including phenoxy) is 1. The second-order valence-electron chi connectivity index (χ2n) is 24.4. The van der Waals surface area contributed by atoms with Crippen LogP contribution in [0.2, 0.25) is 0 Å². The van der Waals surface area contributed by atoms with Gasteiger partial charge in [0.05, 0.1) is 55.3 Å². The summed E-state index contributed by atoms with van der Waals surface area (Å²) in [5, 5.41) is 114. The van der Waals surface area contributed by atoms with Crippen molar-refractivity contribution in [2.45, 2.75) is 170 Å². The Morgan fingerprint density at radius 2 is 1.38 bits per heavy atom. The number of carbonyl (C=O) groups is 8. The number of phenols is 1. The molecule has 5 aliphatic rings. The Kier molecular flexibility index (Phi) is 26.5. The number of aliphatic hydroxyl groups is 6. The number of carbonyl (C=O) groups excluding carboxylic acids is 8. The van der Waals surface area contributed by atoms with Crippen LogP contribution in [-0.2, 0) is 54.1 Å². The number of primary amides is 1. The van der Waals surface area contributed by atoms with Crippen LogP contribution in [0.15, 0.2) is 66.7 Å². The fraction of sp³-hybridized carbons (Fsp3) is 0.541. The molecule has 1 aliphatic carbocycles. The summed E-state index contributed by atoms with van der Waals surface area (Å²) >= 11 is 1.32. The number of hydrogen-bond donors (Lipinski definition) is 13. The van der Waals surface area contributed by atoms with Crippen LogP contribution >= 0.6 is 23.7 Å². The van der Waals surface area contributed by atoms with Crippen LogP contribution in [0.4, 0.5) is 5.69 Å². The molecule has 3 aromatic carbocycles. The van der Waals surface area contributed by atoms with Crippen molar-refractivity contribution in [3.63, 3.8) is 0 Å². The van der Waals surface area contributed by atoms with Crippen LogP contribution in [-0.4, -0.2) is 221 Å². The second kappa shape index (κ2) is 34.0. The summed E-state index contributed by atoms with van der Waals surface area (Å²) < 4.78 is 15.6. The van der Waals surface area contributed by atoms with Gasteiger partial charge in [0.1, 0.15) is 46.3 Å². The Labute approximate surface area is 576 Å². The first-order valence-electron chi connectivity index (χ1n) is 31.0. The molecule has 13 unspecified atom stereocenters. The maximum Gasteiger partial charge on any atom is 1.00 e. The molecule has 13 atom stereocenters. The summed E-state index contributed by atoms with van der Waals surface area (Å²) in [5.74, 6) is -11.1. The van der Waals surface area contributed by atoms with Gasteiger partial charge in [-0.1, -0.05) is 55.7 Å². The molecule has 0 bridgehead atoms. The van der Waals surface area contributed by atoms with Gasteiger partial charge in [0, 0.05) is 80.3 Å². The second-order valence-corrected chi connectivity index (χ2v) is 25.8. The molecule has 1 aromatic heterocycles. The van der Waals surface area contributed by atoms with Crippen molar-refractivity contribution in [3.8, 4) is 32.6 Å². The van der Waals surface area contributed by atoms with Gasteiger partial charge in [0.15, 0.2) is 11.5 Å². The molecule has 4 saturated heterocycles. The monoisotopic (exact) mass is 1370 g/mol. The molecule has 14 N–H and O–H groups in total. The van der Waals surface area contributed by atoms with E-state index in [1.807, 2.05) is 12.1 Å². The molecule has 1 saturated carbocycles. The van der Waals surface area contributed by atoms with Gasteiger partial charge in [-0.05, 0) is 86.7 Å². The molecule has 4 aromatic rings. The molecule has 34 heteroatoms. The van der Waals surface area contributed by atoms with Gasteiger partial charge in [0.2, 0.25) is 41.4 Å². The minimum absolute atomic E-state index is 0. The summed E-state index contributed by atoms with van der Waals surface area (Å²) in [4.78, 5) is 118. The minimum atomic E-state index is -2.22. The number of aromatic hydroxyl groups is 1. The summed E-state index contributed by atoms with van der Waals surface area (Å²) in [7, 11) is 0. The Hall–Kier alpha value is -6.67. The average Bonchev–Trinajstić information content (AvgIpc) is 1.69. The number of nitrogens with one attached hydrogen (secondary N) is 5. The Bertz CT molecular complexity index is 3330. The van der Waals surface area contributed by atoms with Crippen LogP contribution in [0.1, 0.15) is 94.0 Å². The zero-order valence-electron chi connectivity index (χ0n) is 52.4. The molecule has 510 valence electrons. The SMILES string of the molecule is CC(O)C1NC(=O)C(NC(=O)c2ccc(-c3nnc(-c4ccc(N5CCC(OC6CCCCC6)CC5)cc4)s3)cc2)CC(O)CNC(=O)C2C(O)C(C)CN2C(=O)C(C(O)CC(N)=O)NC(=O)C(C(O)Cc2ccc(O)c(OSOO[O-])c2)NC(=O)C2CC(O)CN2C1=O.[Na+]. The number of nitrogens with two attached hydrogens (primary N) is 1. The van der Waals surface area contributed by atoms with Crippen molar-refractivity contribution >= 4 is 76.6 Å². The predicted octanol–water partition coefficient (Wildman–Crippen LogP) is -5.11. The van der Waals surface area contributed by atoms with Crippen molar-refractivity contribution < 1.29 is 127 Å². The first-order valence-corrected chi connectivity index (χ1v) is 32.5. The molecule has 95 heavy (non-hydrogen) atoms. The van der Waals surface area contributed by atoms with Gasteiger partial charge in [-0.3, -0.25) is 43.4 Å². The van der Waals surface area contributed by atoms with Crippen LogP contribution in [0.3, 0.4) is 0 Å². The number of nitrogens with zero attached hydrogens (tertiary/aromatic N) is 5. The minimum Gasteiger partial charge on any atom is -0.691 e. The first kappa shape index (κ1) is 74.1. The fourth-order valence-electron chi connectivity index (χ4n) is 12.4. The van der Waals surface area contributed by atoms with Crippen molar-refractivity contribution in [2.24, 2.45) is 11.7 Å². The van der Waals surface area contributed by atoms with Crippen LogP contribution < -0.4 is 76.2 Å². The molecular formula is C61H78N11NaO20S2. The third kappa shape index (κ3) is 18.9. The van der Waals surface area contributed by atoms with E-state index in [-0.39, 0.29) is 64.9 Å². The summed E-state index contributed by atoms with van der Waals surface area (Å²) in [6.07, 6.45) is -5.04. The molecule has 5 heterocycles. The Morgan fingerprint density at radius 1 is 0.758 bits per heavy atom. The predicted molar refractivity (Wildman–Crippen MR) is 331 cm³/mol. The topological polar surface area (TPSA) is 460 Å². The van der Waals surface area contributed by atoms with Gasteiger partial charge < -0.3 is 96.9 Å². The molecule has 9 rings (SSSR count). The van der Waals surface area contributed by atoms with E-state index in [0.29, 0.717) is 21.7 Å². The van der Waals surface area contributed by atoms with E-state index < -0.39 is 177 Å². The maximum absolute atomic E-state index is 14.7. The molecule has 8 amide bonds. The number of amides is 8. The summed E-state index contributed by atoms with van der Waals surface area (Å²) in [5.41, 5.74) is 8.05. The first-order chi connectivity index (χ1) is 45.0. The van der Waals surface area contributed by atoms with Gasteiger partial charge in [0.25, 0.3) is 18.2 Å². The zero-order valence-corrected chi connectivity index (χ0v) is 56.0. The van der Waals surface area contributed by atoms with Gasteiger partial charge in [-0.15, -0.1) is 14.5 Å². The van der Waals surface area contributed by atoms with Gasteiger partial charge in [-0.2, -0.15) is 0 Å². The van der Waals surface area contributed by atoms with E-state index in [4.69, 9.17) is 14.7 Å². The summed E-state index contributed by atoms with van der Waals surface area (Å²) in [6.45, 7) is 2.65. The number of hydrogen-bond acceptors (Lipinski definition) is 25. The molecule has 4 aliphatic heterocycles. The number of anilines is 1. The number of piperidine rings is 1. The average molecular weight is 1370 g/mol. The van der Waals surface area contributed by atoms with E-state index in [2.05, 4.69) is 63.2 Å².